The molecule has 4 aromatic rings. The van der Waals surface area contributed by atoms with Crippen LogP contribution in [0.5, 0.6) is 0 Å². The third-order valence-corrected chi connectivity index (χ3v) is 6.77. The molecule has 0 unspecified atom stereocenters. The highest BCUT2D eigenvalue weighted by Crippen LogP contribution is 2.31. The molecular weight excluding hydrogens is 438 g/mol. The molecule has 3 heterocycles. The summed E-state index contributed by atoms with van der Waals surface area (Å²) in [5, 5.41) is 27.8. The molecule has 5 rings (SSSR count). The maximum atomic E-state index is 9.38. The molecule has 9 heteroatoms. The van der Waals surface area contributed by atoms with Crippen molar-refractivity contribution in [1.29, 1.82) is 5.26 Å². The van der Waals surface area contributed by atoms with E-state index in [9.17, 15) is 5.26 Å². The first-order chi connectivity index (χ1) is 16.9. The van der Waals surface area contributed by atoms with Gasteiger partial charge in [0, 0.05) is 55.9 Å². The molecule has 3 N–H and O–H groups in total. The van der Waals surface area contributed by atoms with Crippen molar-refractivity contribution in [3.8, 4) is 6.07 Å². The molecule has 1 atom stereocenters. The fourth-order valence-electron chi connectivity index (χ4n) is 4.71. The maximum absolute atomic E-state index is 9.38. The summed E-state index contributed by atoms with van der Waals surface area (Å²) in [6.07, 6.45) is 3.46. The SMILES string of the molecule is Cc1c(C#N)cccc1[C@@H](N)Nc1nnc(C)c2ccc(N3CCN(c4cnn(C)c4)CC3)cc12. The highest BCUT2D eigenvalue weighted by atomic mass is 15.3. The van der Waals surface area contributed by atoms with Gasteiger partial charge in [0.25, 0.3) is 0 Å². The van der Waals surface area contributed by atoms with Crippen LogP contribution in [0, 0.1) is 25.2 Å². The van der Waals surface area contributed by atoms with Crippen LogP contribution in [-0.4, -0.2) is 46.2 Å². The third-order valence-electron chi connectivity index (χ3n) is 6.77. The Bertz CT molecular complexity index is 1410. The van der Waals surface area contributed by atoms with Gasteiger partial charge in [0.15, 0.2) is 5.82 Å². The zero-order valence-electron chi connectivity index (χ0n) is 20.2. The quantitative estimate of drug-likeness (QED) is 0.430. The second kappa shape index (κ2) is 9.24. The second-order valence-electron chi connectivity index (χ2n) is 8.96. The van der Waals surface area contributed by atoms with E-state index in [-0.39, 0.29) is 0 Å². The van der Waals surface area contributed by atoms with Gasteiger partial charge in [-0.25, -0.2) is 0 Å². The Labute approximate surface area is 204 Å². The van der Waals surface area contributed by atoms with Gasteiger partial charge in [-0.1, -0.05) is 18.2 Å². The lowest BCUT2D eigenvalue weighted by Crippen LogP contribution is -2.46. The number of hydrogen-bond donors (Lipinski definition) is 2. The molecule has 1 aliphatic rings. The highest BCUT2D eigenvalue weighted by Gasteiger charge is 2.20. The van der Waals surface area contributed by atoms with Crippen molar-refractivity contribution in [2.24, 2.45) is 12.8 Å². The van der Waals surface area contributed by atoms with Crippen LogP contribution in [0.1, 0.15) is 28.6 Å². The molecule has 0 amide bonds. The molecule has 1 saturated heterocycles. The maximum Gasteiger partial charge on any atom is 0.158 e. The van der Waals surface area contributed by atoms with Crippen LogP contribution in [-0.2, 0) is 7.05 Å². The molecule has 0 saturated carbocycles. The van der Waals surface area contributed by atoms with E-state index < -0.39 is 6.17 Å². The van der Waals surface area contributed by atoms with E-state index in [0.29, 0.717) is 11.4 Å². The van der Waals surface area contributed by atoms with Crippen molar-refractivity contribution < 1.29 is 0 Å². The Hall–Kier alpha value is -4.16. The van der Waals surface area contributed by atoms with E-state index in [1.165, 1.54) is 0 Å². The summed E-state index contributed by atoms with van der Waals surface area (Å²) in [5.74, 6) is 0.635. The second-order valence-corrected chi connectivity index (χ2v) is 8.96. The van der Waals surface area contributed by atoms with Gasteiger partial charge >= 0.3 is 0 Å². The van der Waals surface area contributed by atoms with Crippen molar-refractivity contribution >= 4 is 28.0 Å². The number of benzene rings is 2. The smallest absolute Gasteiger partial charge is 0.158 e. The fraction of sp³-hybridized carbons (Fsp3) is 0.308. The summed E-state index contributed by atoms with van der Waals surface area (Å²) in [7, 11) is 1.94. The standard InChI is InChI=1S/C26H29N9/c1-17-19(14-27)5-4-6-22(17)25(28)30-26-24-13-20(7-8-23(24)18(2)31-32-26)34-9-11-35(12-10-34)21-15-29-33(3)16-21/h4-8,13,15-16,25H,9-12,28H2,1-3H3,(H,30,32)/t25-/m0/s1. The molecule has 0 radical (unpaired) electrons. The van der Waals surface area contributed by atoms with Crippen molar-refractivity contribution in [3.05, 3.63) is 71.2 Å². The minimum Gasteiger partial charge on any atom is -0.368 e. The Morgan fingerprint density at radius 1 is 1.00 bits per heavy atom. The first-order valence-electron chi connectivity index (χ1n) is 11.7. The Kier molecular flexibility index (Phi) is 5.97. The summed E-state index contributed by atoms with van der Waals surface area (Å²) < 4.78 is 1.84. The number of fused-ring (bicyclic) bond motifs is 1. The van der Waals surface area contributed by atoms with Crippen LogP contribution >= 0.6 is 0 Å². The Morgan fingerprint density at radius 2 is 1.74 bits per heavy atom. The van der Waals surface area contributed by atoms with E-state index in [2.05, 4.69) is 60.9 Å². The zero-order chi connectivity index (χ0) is 24.5. The van der Waals surface area contributed by atoms with E-state index in [0.717, 1.165) is 65.1 Å². The largest absolute Gasteiger partial charge is 0.368 e. The summed E-state index contributed by atoms with van der Waals surface area (Å²) in [6.45, 7) is 7.58. The van der Waals surface area contributed by atoms with Crippen molar-refractivity contribution in [2.45, 2.75) is 20.0 Å². The van der Waals surface area contributed by atoms with Crippen LogP contribution < -0.4 is 20.9 Å². The number of anilines is 3. The number of aromatic nitrogens is 4. The average molecular weight is 468 g/mol. The van der Waals surface area contributed by atoms with Crippen LogP contribution in [0.25, 0.3) is 10.8 Å². The molecule has 1 aliphatic heterocycles. The molecule has 0 spiro atoms. The lowest BCUT2D eigenvalue weighted by Gasteiger charge is -2.36. The van der Waals surface area contributed by atoms with E-state index in [1.54, 1.807) is 6.07 Å². The summed E-state index contributed by atoms with van der Waals surface area (Å²) in [6, 6.07) is 14.2. The minimum atomic E-state index is -0.518. The van der Waals surface area contributed by atoms with Crippen LogP contribution in [0.2, 0.25) is 0 Å². The molecule has 1 fully saturated rings. The van der Waals surface area contributed by atoms with Gasteiger partial charge in [-0.3, -0.25) is 4.68 Å². The van der Waals surface area contributed by atoms with Crippen molar-refractivity contribution in [3.63, 3.8) is 0 Å². The van der Waals surface area contributed by atoms with Gasteiger partial charge in [0.05, 0.1) is 29.2 Å². The normalized spacial score (nSPS) is 14.7. The lowest BCUT2D eigenvalue weighted by molar-refractivity contribution is 0.653. The first-order valence-corrected chi connectivity index (χ1v) is 11.7. The summed E-state index contributed by atoms with van der Waals surface area (Å²) in [4.78, 5) is 4.76. The average Bonchev–Trinajstić information content (AvgIpc) is 3.32. The predicted octanol–water partition coefficient (Wildman–Crippen LogP) is 3.25. The van der Waals surface area contributed by atoms with Gasteiger partial charge in [-0.15, -0.1) is 5.10 Å². The van der Waals surface area contributed by atoms with Crippen molar-refractivity contribution in [2.75, 3.05) is 41.3 Å². The first kappa shape index (κ1) is 22.6. The number of hydrogen-bond acceptors (Lipinski definition) is 8. The Morgan fingerprint density at radius 3 is 2.43 bits per heavy atom. The number of aryl methyl sites for hydroxylation is 2. The minimum absolute atomic E-state index is 0.518. The number of nitrogens with zero attached hydrogens (tertiary/aromatic N) is 7. The number of nitriles is 1. The molecule has 2 aromatic carbocycles. The zero-order valence-corrected chi connectivity index (χ0v) is 20.2. The molecular formula is C26H29N9. The molecule has 9 nitrogen and oxygen atoms in total. The van der Waals surface area contributed by atoms with E-state index >= 15 is 0 Å². The molecule has 0 aliphatic carbocycles. The van der Waals surface area contributed by atoms with Gasteiger partial charge in [-0.2, -0.15) is 15.5 Å². The molecule has 35 heavy (non-hydrogen) atoms. The van der Waals surface area contributed by atoms with Crippen molar-refractivity contribution in [1.82, 2.24) is 20.0 Å². The van der Waals surface area contributed by atoms with Gasteiger partial charge in [0.1, 0.15) is 6.17 Å². The van der Waals surface area contributed by atoms with E-state index in [4.69, 9.17) is 5.73 Å². The lowest BCUT2D eigenvalue weighted by atomic mass is 10.0. The number of piperazine rings is 1. The monoisotopic (exact) mass is 467 g/mol. The highest BCUT2D eigenvalue weighted by molar-refractivity contribution is 5.95. The van der Waals surface area contributed by atoms with Gasteiger partial charge < -0.3 is 20.9 Å². The van der Waals surface area contributed by atoms with Gasteiger partial charge in [-0.05, 0) is 43.2 Å². The third kappa shape index (κ3) is 4.36. The Balaban J connectivity index is 1.40. The number of nitrogens with two attached hydrogens (primary N) is 1. The van der Waals surface area contributed by atoms with Crippen LogP contribution in [0.4, 0.5) is 17.2 Å². The van der Waals surface area contributed by atoms with E-state index in [1.807, 2.05) is 43.9 Å². The number of nitrogens with one attached hydrogen (secondary N) is 1. The summed E-state index contributed by atoms with van der Waals surface area (Å²) >= 11 is 0. The summed E-state index contributed by atoms with van der Waals surface area (Å²) in [5.41, 5.74) is 12.0. The van der Waals surface area contributed by atoms with Gasteiger partial charge in [0.2, 0.25) is 0 Å². The molecule has 0 bridgehead atoms. The fourth-order valence-corrected chi connectivity index (χ4v) is 4.71. The van der Waals surface area contributed by atoms with Crippen LogP contribution in [0.15, 0.2) is 48.8 Å². The predicted molar refractivity (Wildman–Crippen MR) is 138 cm³/mol. The molecule has 178 valence electrons. The molecule has 2 aromatic heterocycles. The topological polar surface area (TPSA) is 112 Å². The number of rotatable bonds is 5. The van der Waals surface area contributed by atoms with Crippen LogP contribution in [0.3, 0.4) is 0 Å².